The first-order valence-electron chi connectivity index (χ1n) is 8.94. The second-order valence-electron chi connectivity index (χ2n) is 7.33. The van der Waals surface area contributed by atoms with Gasteiger partial charge in [-0.1, -0.05) is 13.8 Å². The van der Waals surface area contributed by atoms with Gasteiger partial charge in [0.25, 0.3) is 0 Å². The second-order valence-corrected chi connectivity index (χ2v) is 7.33. The van der Waals surface area contributed by atoms with Crippen LogP contribution >= 0.6 is 0 Å². The summed E-state index contributed by atoms with van der Waals surface area (Å²) < 4.78 is 0. The van der Waals surface area contributed by atoms with Crippen molar-refractivity contribution in [1.29, 1.82) is 0 Å². The van der Waals surface area contributed by atoms with Gasteiger partial charge in [0.15, 0.2) is 0 Å². The van der Waals surface area contributed by atoms with Crippen LogP contribution in [-0.4, -0.2) is 86.7 Å². The Hall–Kier alpha value is -0.160. The third-order valence-electron chi connectivity index (χ3n) is 5.28. The van der Waals surface area contributed by atoms with Crippen LogP contribution in [0.25, 0.3) is 0 Å². The van der Waals surface area contributed by atoms with E-state index in [-0.39, 0.29) is 0 Å². The average Bonchev–Trinajstić information content (AvgIpc) is 2.48. The molecule has 1 aliphatic carbocycles. The van der Waals surface area contributed by atoms with Crippen molar-refractivity contribution in [3.63, 3.8) is 0 Å². The van der Waals surface area contributed by atoms with Crippen molar-refractivity contribution in [2.75, 3.05) is 59.9 Å². The van der Waals surface area contributed by atoms with E-state index in [4.69, 9.17) is 0 Å². The first kappa shape index (κ1) is 17.2. The SMILES string of the molecule is CCNC1CCC(C)CC1N1CCN(CCN(C)C)CC1. The lowest BCUT2D eigenvalue weighted by molar-refractivity contribution is 0.0487. The minimum absolute atomic E-state index is 0.722. The van der Waals surface area contributed by atoms with E-state index in [2.05, 4.69) is 48.0 Å². The Morgan fingerprint density at radius 3 is 2.43 bits per heavy atom. The molecule has 0 bridgehead atoms. The number of rotatable bonds is 6. The highest BCUT2D eigenvalue weighted by atomic mass is 15.3. The standard InChI is InChI=1S/C17H36N4/c1-5-18-16-7-6-15(2)14-17(16)21-12-10-20(11-13-21)9-8-19(3)4/h15-18H,5-14H2,1-4H3. The third-order valence-corrected chi connectivity index (χ3v) is 5.28. The Morgan fingerprint density at radius 1 is 1.10 bits per heavy atom. The summed E-state index contributed by atoms with van der Waals surface area (Å²) in [5.41, 5.74) is 0. The third kappa shape index (κ3) is 5.20. The van der Waals surface area contributed by atoms with Crippen LogP contribution in [0.15, 0.2) is 0 Å². The van der Waals surface area contributed by atoms with Crippen molar-refractivity contribution in [3.8, 4) is 0 Å². The van der Waals surface area contributed by atoms with Crippen LogP contribution in [0, 0.1) is 5.92 Å². The van der Waals surface area contributed by atoms with Crippen molar-refractivity contribution in [1.82, 2.24) is 20.0 Å². The van der Waals surface area contributed by atoms with Crippen LogP contribution in [0.1, 0.15) is 33.1 Å². The summed E-state index contributed by atoms with van der Waals surface area (Å²) in [6.07, 6.45) is 4.15. The Balaban J connectivity index is 1.81. The summed E-state index contributed by atoms with van der Waals surface area (Å²) in [4.78, 5) is 7.69. The molecule has 0 amide bonds. The second kappa shape index (κ2) is 8.47. The topological polar surface area (TPSA) is 21.8 Å². The highest BCUT2D eigenvalue weighted by Crippen LogP contribution is 2.28. The van der Waals surface area contributed by atoms with E-state index < -0.39 is 0 Å². The van der Waals surface area contributed by atoms with E-state index in [1.54, 1.807) is 0 Å². The molecule has 1 saturated carbocycles. The minimum Gasteiger partial charge on any atom is -0.313 e. The lowest BCUT2D eigenvalue weighted by atomic mass is 9.82. The molecule has 0 radical (unpaired) electrons. The molecule has 124 valence electrons. The maximum Gasteiger partial charge on any atom is 0.0252 e. The maximum absolute atomic E-state index is 3.74. The van der Waals surface area contributed by atoms with Crippen LogP contribution in [0.2, 0.25) is 0 Å². The molecule has 3 atom stereocenters. The zero-order valence-electron chi connectivity index (χ0n) is 14.6. The molecule has 1 saturated heterocycles. The fourth-order valence-corrected chi connectivity index (χ4v) is 3.91. The molecule has 4 nitrogen and oxygen atoms in total. The number of hydrogen-bond donors (Lipinski definition) is 1. The molecule has 2 fully saturated rings. The van der Waals surface area contributed by atoms with E-state index in [0.29, 0.717) is 0 Å². The summed E-state index contributed by atoms with van der Waals surface area (Å²) in [7, 11) is 4.33. The van der Waals surface area contributed by atoms with Crippen molar-refractivity contribution in [3.05, 3.63) is 0 Å². The van der Waals surface area contributed by atoms with Crippen LogP contribution in [0.3, 0.4) is 0 Å². The molecule has 1 heterocycles. The van der Waals surface area contributed by atoms with Gasteiger partial charge in [0.05, 0.1) is 0 Å². The summed E-state index contributed by atoms with van der Waals surface area (Å²) in [5.74, 6) is 0.900. The van der Waals surface area contributed by atoms with E-state index in [0.717, 1.165) is 24.5 Å². The molecule has 0 aromatic heterocycles. The molecule has 1 aliphatic heterocycles. The molecule has 0 spiro atoms. The van der Waals surface area contributed by atoms with Crippen molar-refractivity contribution < 1.29 is 0 Å². The molecule has 0 aromatic rings. The van der Waals surface area contributed by atoms with E-state index >= 15 is 0 Å². The zero-order valence-corrected chi connectivity index (χ0v) is 14.6. The predicted octanol–water partition coefficient (Wildman–Crippen LogP) is 1.33. The van der Waals surface area contributed by atoms with Crippen LogP contribution < -0.4 is 5.32 Å². The predicted molar refractivity (Wildman–Crippen MR) is 90.8 cm³/mol. The van der Waals surface area contributed by atoms with Crippen molar-refractivity contribution in [2.24, 2.45) is 5.92 Å². The van der Waals surface area contributed by atoms with E-state index in [1.165, 1.54) is 58.5 Å². The van der Waals surface area contributed by atoms with Crippen LogP contribution in [0.5, 0.6) is 0 Å². The van der Waals surface area contributed by atoms with Crippen LogP contribution in [0.4, 0.5) is 0 Å². The quantitative estimate of drug-likeness (QED) is 0.798. The highest BCUT2D eigenvalue weighted by Gasteiger charge is 2.33. The first-order valence-corrected chi connectivity index (χ1v) is 8.94. The number of nitrogens with one attached hydrogen (secondary N) is 1. The highest BCUT2D eigenvalue weighted by molar-refractivity contribution is 4.92. The molecule has 2 rings (SSSR count). The lowest BCUT2D eigenvalue weighted by Crippen LogP contribution is -2.58. The molecule has 1 N–H and O–H groups in total. The van der Waals surface area contributed by atoms with Gasteiger partial charge >= 0.3 is 0 Å². The van der Waals surface area contributed by atoms with E-state index in [1.807, 2.05) is 0 Å². The normalized spacial score (nSPS) is 32.7. The number of nitrogens with zero attached hydrogens (tertiary/aromatic N) is 3. The van der Waals surface area contributed by atoms with Gasteiger partial charge in [0.2, 0.25) is 0 Å². The summed E-state index contributed by atoms with van der Waals surface area (Å²) in [6, 6.07) is 1.49. The molecular weight excluding hydrogens is 260 g/mol. The first-order chi connectivity index (χ1) is 10.1. The van der Waals surface area contributed by atoms with Gasteiger partial charge in [-0.15, -0.1) is 0 Å². The average molecular weight is 297 g/mol. The fourth-order valence-electron chi connectivity index (χ4n) is 3.91. The Bertz CT molecular complexity index is 287. The summed E-state index contributed by atoms with van der Waals surface area (Å²) in [5, 5.41) is 3.74. The molecule has 2 aliphatic rings. The summed E-state index contributed by atoms with van der Waals surface area (Å²) in [6.45, 7) is 13.2. The number of piperazine rings is 1. The molecule has 21 heavy (non-hydrogen) atoms. The Labute approximate surface area is 131 Å². The Morgan fingerprint density at radius 2 is 1.81 bits per heavy atom. The van der Waals surface area contributed by atoms with Gasteiger partial charge in [-0.3, -0.25) is 9.80 Å². The van der Waals surface area contributed by atoms with Gasteiger partial charge in [0, 0.05) is 51.4 Å². The fraction of sp³-hybridized carbons (Fsp3) is 1.00. The van der Waals surface area contributed by atoms with Gasteiger partial charge in [-0.2, -0.15) is 0 Å². The summed E-state index contributed by atoms with van der Waals surface area (Å²) >= 11 is 0. The molecule has 4 heteroatoms. The minimum atomic E-state index is 0.722. The van der Waals surface area contributed by atoms with Gasteiger partial charge in [-0.05, 0) is 45.8 Å². The maximum atomic E-state index is 3.74. The van der Waals surface area contributed by atoms with Gasteiger partial charge in [0.1, 0.15) is 0 Å². The molecule has 0 aromatic carbocycles. The van der Waals surface area contributed by atoms with Crippen molar-refractivity contribution in [2.45, 2.75) is 45.2 Å². The van der Waals surface area contributed by atoms with Gasteiger partial charge < -0.3 is 10.2 Å². The molecular formula is C17H36N4. The Kier molecular flexibility index (Phi) is 6.93. The molecule has 3 unspecified atom stereocenters. The van der Waals surface area contributed by atoms with Gasteiger partial charge in [-0.25, -0.2) is 0 Å². The largest absolute Gasteiger partial charge is 0.313 e. The van der Waals surface area contributed by atoms with Crippen LogP contribution in [-0.2, 0) is 0 Å². The van der Waals surface area contributed by atoms with E-state index in [9.17, 15) is 0 Å². The monoisotopic (exact) mass is 296 g/mol. The number of hydrogen-bond acceptors (Lipinski definition) is 4. The number of likely N-dealkylation sites (N-methyl/N-ethyl adjacent to an activating group) is 2. The lowest BCUT2D eigenvalue weighted by Gasteiger charge is -2.46. The smallest absolute Gasteiger partial charge is 0.0252 e. The van der Waals surface area contributed by atoms with Crippen molar-refractivity contribution >= 4 is 0 Å². The zero-order chi connectivity index (χ0) is 15.2.